The number of amides is 1. The number of halogens is 1. The molecule has 0 saturated heterocycles. The lowest BCUT2D eigenvalue weighted by atomic mass is 10.3. The molecule has 0 unspecified atom stereocenters. The Balaban J connectivity index is 2.47. The van der Waals surface area contributed by atoms with Crippen LogP contribution in [0.4, 0.5) is 10.1 Å². The number of carbonyl (C=O) groups excluding carboxylic acids is 1. The molecule has 1 rings (SSSR count). The highest BCUT2D eigenvalue weighted by Gasteiger charge is 2.01. The molecule has 0 saturated carbocycles. The first-order chi connectivity index (χ1) is 6.72. The standard InChI is InChI=1S/C10H13FN2O/c1-12-6-5-10(14)13-9-4-2-3-8(11)7-9/h2-4,7,12H,5-6H2,1H3,(H,13,14). The summed E-state index contributed by atoms with van der Waals surface area (Å²) in [6.45, 7) is 0.612. The molecule has 76 valence electrons. The monoisotopic (exact) mass is 196 g/mol. The highest BCUT2D eigenvalue weighted by Crippen LogP contribution is 2.08. The maximum absolute atomic E-state index is 12.7. The van der Waals surface area contributed by atoms with Gasteiger partial charge in [-0.15, -0.1) is 0 Å². The average molecular weight is 196 g/mol. The van der Waals surface area contributed by atoms with Crippen molar-refractivity contribution in [3.8, 4) is 0 Å². The van der Waals surface area contributed by atoms with Gasteiger partial charge in [0, 0.05) is 18.7 Å². The normalized spacial score (nSPS) is 9.86. The summed E-state index contributed by atoms with van der Waals surface area (Å²) >= 11 is 0. The molecule has 1 aromatic carbocycles. The Morgan fingerprint density at radius 3 is 2.93 bits per heavy atom. The Kier molecular flexibility index (Phi) is 4.07. The first-order valence-corrected chi connectivity index (χ1v) is 4.42. The minimum Gasteiger partial charge on any atom is -0.326 e. The van der Waals surface area contributed by atoms with Gasteiger partial charge in [0.2, 0.25) is 5.91 Å². The average Bonchev–Trinajstić information content (AvgIpc) is 2.15. The molecule has 1 amide bonds. The van der Waals surface area contributed by atoms with Gasteiger partial charge >= 0.3 is 0 Å². The molecule has 0 aromatic heterocycles. The van der Waals surface area contributed by atoms with Gasteiger partial charge < -0.3 is 10.6 Å². The van der Waals surface area contributed by atoms with Crippen LogP contribution in [-0.4, -0.2) is 19.5 Å². The molecule has 0 spiro atoms. The lowest BCUT2D eigenvalue weighted by Gasteiger charge is -2.04. The largest absolute Gasteiger partial charge is 0.326 e. The quantitative estimate of drug-likeness (QED) is 0.763. The van der Waals surface area contributed by atoms with Crippen molar-refractivity contribution in [1.29, 1.82) is 0 Å². The molecular formula is C10H13FN2O. The zero-order valence-corrected chi connectivity index (χ0v) is 8.01. The summed E-state index contributed by atoms with van der Waals surface area (Å²) in [7, 11) is 1.77. The molecule has 0 aliphatic rings. The van der Waals surface area contributed by atoms with E-state index in [0.29, 0.717) is 18.7 Å². The van der Waals surface area contributed by atoms with Gasteiger partial charge in [-0.3, -0.25) is 4.79 Å². The van der Waals surface area contributed by atoms with Crippen molar-refractivity contribution in [2.75, 3.05) is 18.9 Å². The van der Waals surface area contributed by atoms with Gasteiger partial charge in [0.1, 0.15) is 5.82 Å². The molecular weight excluding hydrogens is 183 g/mol. The third kappa shape index (κ3) is 3.53. The van der Waals surface area contributed by atoms with Crippen LogP contribution in [-0.2, 0) is 4.79 Å². The molecule has 2 N–H and O–H groups in total. The zero-order chi connectivity index (χ0) is 10.4. The number of hydrogen-bond acceptors (Lipinski definition) is 2. The number of benzene rings is 1. The minimum absolute atomic E-state index is 0.120. The van der Waals surface area contributed by atoms with Crippen LogP contribution in [0.1, 0.15) is 6.42 Å². The van der Waals surface area contributed by atoms with Gasteiger partial charge in [0.25, 0.3) is 0 Å². The van der Waals surface area contributed by atoms with Gasteiger partial charge in [-0.05, 0) is 25.2 Å². The van der Waals surface area contributed by atoms with Gasteiger partial charge in [-0.1, -0.05) is 6.07 Å². The zero-order valence-electron chi connectivity index (χ0n) is 8.01. The highest BCUT2D eigenvalue weighted by atomic mass is 19.1. The third-order valence-corrected chi connectivity index (χ3v) is 1.71. The van der Waals surface area contributed by atoms with Crippen molar-refractivity contribution in [3.63, 3.8) is 0 Å². The van der Waals surface area contributed by atoms with E-state index in [1.807, 2.05) is 0 Å². The molecule has 0 bridgehead atoms. The summed E-state index contributed by atoms with van der Waals surface area (Å²) in [4.78, 5) is 11.2. The highest BCUT2D eigenvalue weighted by molar-refractivity contribution is 5.90. The SMILES string of the molecule is CNCCC(=O)Nc1cccc(F)c1. The van der Waals surface area contributed by atoms with E-state index < -0.39 is 0 Å². The molecule has 14 heavy (non-hydrogen) atoms. The number of nitrogens with one attached hydrogen (secondary N) is 2. The van der Waals surface area contributed by atoms with Crippen LogP contribution in [0.25, 0.3) is 0 Å². The number of rotatable bonds is 4. The van der Waals surface area contributed by atoms with Crippen LogP contribution in [0.5, 0.6) is 0 Å². The first kappa shape index (κ1) is 10.7. The van der Waals surface area contributed by atoms with E-state index in [-0.39, 0.29) is 11.7 Å². The fraction of sp³-hybridized carbons (Fsp3) is 0.300. The number of carbonyl (C=O) groups is 1. The second kappa shape index (κ2) is 5.34. The van der Waals surface area contributed by atoms with E-state index in [9.17, 15) is 9.18 Å². The summed E-state index contributed by atoms with van der Waals surface area (Å²) in [6, 6.07) is 5.84. The molecule has 0 radical (unpaired) electrons. The number of anilines is 1. The van der Waals surface area contributed by atoms with Crippen molar-refractivity contribution in [3.05, 3.63) is 30.1 Å². The maximum atomic E-state index is 12.7. The lowest BCUT2D eigenvalue weighted by molar-refractivity contribution is -0.116. The Labute approximate surface area is 82.3 Å². The van der Waals surface area contributed by atoms with Crippen LogP contribution in [0, 0.1) is 5.82 Å². The van der Waals surface area contributed by atoms with Crippen molar-refractivity contribution < 1.29 is 9.18 Å². The van der Waals surface area contributed by atoms with Gasteiger partial charge in [0.15, 0.2) is 0 Å². The van der Waals surface area contributed by atoms with Crippen LogP contribution >= 0.6 is 0 Å². The lowest BCUT2D eigenvalue weighted by Crippen LogP contribution is -2.18. The minimum atomic E-state index is -0.351. The van der Waals surface area contributed by atoms with Crippen LogP contribution in [0.3, 0.4) is 0 Å². The molecule has 4 heteroatoms. The maximum Gasteiger partial charge on any atom is 0.225 e. The topological polar surface area (TPSA) is 41.1 Å². The predicted molar refractivity (Wildman–Crippen MR) is 53.6 cm³/mol. The molecule has 3 nitrogen and oxygen atoms in total. The summed E-state index contributed by atoms with van der Waals surface area (Å²) in [5, 5.41) is 5.46. The smallest absolute Gasteiger partial charge is 0.225 e. The Morgan fingerprint density at radius 2 is 2.29 bits per heavy atom. The molecule has 0 aliphatic carbocycles. The van der Waals surface area contributed by atoms with Crippen molar-refractivity contribution in [2.45, 2.75) is 6.42 Å². The summed E-state index contributed by atoms with van der Waals surface area (Å²) < 4.78 is 12.7. The Bertz CT molecular complexity index is 315. The summed E-state index contributed by atoms with van der Waals surface area (Å²) in [5.74, 6) is -0.471. The molecule has 1 aromatic rings. The van der Waals surface area contributed by atoms with Crippen LogP contribution in [0.2, 0.25) is 0 Å². The van der Waals surface area contributed by atoms with E-state index in [2.05, 4.69) is 10.6 Å². The van der Waals surface area contributed by atoms with Gasteiger partial charge in [-0.2, -0.15) is 0 Å². The fourth-order valence-electron chi connectivity index (χ4n) is 1.03. The molecule has 0 heterocycles. The predicted octanol–water partition coefficient (Wildman–Crippen LogP) is 1.37. The van der Waals surface area contributed by atoms with E-state index in [4.69, 9.17) is 0 Å². The van der Waals surface area contributed by atoms with E-state index in [0.717, 1.165) is 0 Å². The number of hydrogen-bond donors (Lipinski definition) is 2. The second-order valence-corrected chi connectivity index (χ2v) is 2.91. The molecule has 0 aliphatic heterocycles. The molecule has 0 fully saturated rings. The third-order valence-electron chi connectivity index (χ3n) is 1.71. The molecule has 0 atom stereocenters. The van der Waals surface area contributed by atoms with Crippen molar-refractivity contribution in [2.24, 2.45) is 0 Å². The van der Waals surface area contributed by atoms with Crippen molar-refractivity contribution >= 4 is 11.6 Å². The van der Waals surface area contributed by atoms with Gasteiger partial charge in [0.05, 0.1) is 0 Å². The second-order valence-electron chi connectivity index (χ2n) is 2.91. The Morgan fingerprint density at radius 1 is 1.50 bits per heavy atom. The summed E-state index contributed by atoms with van der Waals surface area (Å²) in [5.41, 5.74) is 0.492. The fourth-order valence-corrected chi connectivity index (χ4v) is 1.03. The van der Waals surface area contributed by atoms with Crippen LogP contribution < -0.4 is 10.6 Å². The van der Waals surface area contributed by atoms with Crippen molar-refractivity contribution in [1.82, 2.24) is 5.32 Å². The van der Waals surface area contributed by atoms with E-state index in [1.165, 1.54) is 12.1 Å². The first-order valence-electron chi connectivity index (χ1n) is 4.42. The van der Waals surface area contributed by atoms with Gasteiger partial charge in [-0.25, -0.2) is 4.39 Å². The van der Waals surface area contributed by atoms with E-state index in [1.54, 1.807) is 19.2 Å². The summed E-state index contributed by atoms with van der Waals surface area (Å²) in [6.07, 6.45) is 0.382. The Hall–Kier alpha value is -1.42. The van der Waals surface area contributed by atoms with E-state index >= 15 is 0 Å². The van der Waals surface area contributed by atoms with Crippen LogP contribution in [0.15, 0.2) is 24.3 Å².